The van der Waals surface area contributed by atoms with Gasteiger partial charge in [-0.05, 0) is 24.3 Å². The number of benzene rings is 2. The fourth-order valence-corrected chi connectivity index (χ4v) is 1.68. The predicted octanol–water partition coefficient (Wildman–Crippen LogP) is 3.57. The third kappa shape index (κ3) is 2.52. The van der Waals surface area contributed by atoms with Gasteiger partial charge in [0.1, 0.15) is 5.69 Å². The number of nitrogen functional groups attached to an aromatic ring is 1. The van der Waals surface area contributed by atoms with Crippen molar-refractivity contribution in [3.8, 4) is 0 Å². The van der Waals surface area contributed by atoms with Crippen LogP contribution < -0.4 is 11.1 Å². The standard InChI is InChI=1S/C12H10ClN3O2/c13-9-7-8(5-6-10(9)14)15-11-3-1-2-4-12(11)16(17)18/h1-7,15H,14H2. The van der Waals surface area contributed by atoms with Crippen molar-refractivity contribution in [1.29, 1.82) is 0 Å². The normalized spacial score (nSPS) is 10.1. The quantitative estimate of drug-likeness (QED) is 0.504. The van der Waals surface area contributed by atoms with Crippen LogP contribution in [0.3, 0.4) is 0 Å². The molecule has 0 radical (unpaired) electrons. The molecule has 0 fully saturated rings. The molecule has 2 rings (SSSR count). The van der Waals surface area contributed by atoms with E-state index in [0.717, 1.165) is 0 Å². The number of nitrogens with two attached hydrogens (primary N) is 1. The van der Waals surface area contributed by atoms with Crippen molar-refractivity contribution in [1.82, 2.24) is 0 Å². The lowest BCUT2D eigenvalue weighted by atomic mass is 10.2. The van der Waals surface area contributed by atoms with E-state index in [9.17, 15) is 10.1 Å². The topological polar surface area (TPSA) is 81.2 Å². The lowest BCUT2D eigenvalue weighted by molar-refractivity contribution is -0.383. The van der Waals surface area contributed by atoms with Crippen LogP contribution in [-0.2, 0) is 0 Å². The van der Waals surface area contributed by atoms with E-state index in [1.807, 2.05) is 0 Å². The molecule has 0 bridgehead atoms. The molecule has 0 amide bonds. The Balaban J connectivity index is 2.34. The molecule has 0 aromatic heterocycles. The summed E-state index contributed by atoms with van der Waals surface area (Å²) in [5.74, 6) is 0. The maximum atomic E-state index is 10.9. The van der Waals surface area contributed by atoms with Crippen molar-refractivity contribution in [2.24, 2.45) is 0 Å². The summed E-state index contributed by atoms with van der Waals surface area (Å²) in [7, 11) is 0. The first kappa shape index (κ1) is 12.2. The number of nitrogens with one attached hydrogen (secondary N) is 1. The lowest BCUT2D eigenvalue weighted by Crippen LogP contribution is -1.97. The van der Waals surface area contributed by atoms with E-state index in [4.69, 9.17) is 17.3 Å². The molecular formula is C12H10ClN3O2. The highest BCUT2D eigenvalue weighted by atomic mass is 35.5. The summed E-state index contributed by atoms with van der Waals surface area (Å²) < 4.78 is 0. The predicted molar refractivity (Wildman–Crippen MR) is 72.2 cm³/mol. The molecule has 0 unspecified atom stereocenters. The summed E-state index contributed by atoms with van der Waals surface area (Å²) in [6.45, 7) is 0. The Labute approximate surface area is 108 Å². The van der Waals surface area contributed by atoms with Crippen LogP contribution in [-0.4, -0.2) is 4.92 Å². The zero-order valence-electron chi connectivity index (χ0n) is 9.26. The van der Waals surface area contributed by atoms with Gasteiger partial charge in [0.2, 0.25) is 0 Å². The molecule has 6 heteroatoms. The first-order chi connectivity index (χ1) is 8.58. The average molecular weight is 264 g/mol. The van der Waals surface area contributed by atoms with E-state index in [1.54, 1.807) is 36.4 Å². The van der Waals surface area contributed by atoms with E-state index >= 15 is 0 Å². The SMILES string of the molecule is Nc1ccc(Nc2ccccc2[N+](=O)[O-])cc1Cl. The molecule has 0 saturated carbocycles. The van der Waals surface area contributed by atoms with Gasteiger partial charge in [0.15, 0.2) is 0 Å². The minimum Gasteiger partial charge on any atom is -0.398 e. The van der Waals surface area contributed by atoms with E-state index in [0.29, 0.717) is 22.1 Å². The van der Waals surface area contributed by atoms with Gasteiger partial charge in [-0.15, -0.1) is 0 Å². The van der Waals surface area contributed by atoms with Gasteiger partial charge >= 0.3 is 0 Å². The van der Waals surface area contributed by atoms with Crippen LogP contribution in [0, 0.1) is 10.1 Å². The molecule has 3 N–H and O–H groups in total. The van der Waals surface area contributed by atoms with Crippen molar-refractivity contribution < 1.29 is 4.92 Å². The Morgan fingerprint density at radius 3 is 2.61 bits per heavy atom. The summed E-state index contributed by atoms with van der Waals surface area (Å²) in [6, 6.07) is 11.3. The second kappa shape index (κ2) is 4.93. The number of nitro groups is 1. The molecule has 0 saturated heterocycles. The van der Waals surface area contributed by atoms with Crippen molar-refractivity contribution in [3.63, 3.8) is 0 Å². The summed E-state index contributed by atoms with van der Waals surface area (Å²) in [4.78, 5) is 10.4. The van der Waals surface area contributed by atoms with Gasteiger partial charge in [-0.2, -0.15) is 0 Å². The number of nitrogens with zero attached hydrogens (tertiary/aromatic N) is 1. The smallest absolute Gasteiger partial charge is 0.292 e. The summed E-state index contributed by atoms with van der Waals surface area (Å²) in [6.07, 6.45) is 0. The first-order valence-electron chi connectivity index (χ1n) is 5.13. The molecular weight excluding hydrogens is 254 g/mol. The van der Waals surface area contributed by atoms with Crippen molar-refractivity contribution in [2.45, 2.75) is 0 Å². The van der Waals surface area contributed by atoms with Gasteiger partial charge < -0.3 is 11.1 Å². The van der Waals surface area contributed by atoms with Crippen molar-refractivity contribution >= 4 is 34.4 Å². The van der Waals surface area contributed by atoms with Gasteiger partial charge in [0, 0.05) is 11.8 Å². The maximum Gasteiger partial charge on any atom is 0.292 e. The Morgan fingerprint density at radius 1 is 1.22 bits per heavy atom. The van der Waals surface area contributed by atoms with Crippen LogP contribution in [0.25, 0.3) is 0 Å². The highest BCUT2D eigenvalue weighted by Crippen LogP contribution is 2.29. The number of anilines is 3. The Hall–Kier alpha value is -2.27. The number of para-hydroxylation sites is 2. The number of hydrogen-bond acceptors (Lipinski definition) is 4. The molecule has 2 aromatic rings. The largest absolute Gasteiger partial charge is 0.398 e. The monoisotopic (exact) mass is 263 g/mol. The van der Waals surface area contributed by atoms with E-state index in [-0.39, 0.29) is 5.69 Å². The van der Waals surface area contributed by atoms with Crippen LogP contribution in [0.15, 0.2) is 42.5 Å². The molecule has 92 valence electrons. The van der Waals surface area contributed by atoms with Crippen molar-refractivity contribution in [3.05, 3.63) is 57.6 Å². The zero-order valence-corrected chi connectivity index (χ0v) is 10.0. The summed E-state index contributed by atoms with van der Waals surface area (Å²) in [5, 5.41) is 14.2. The lowest BCUT2D eigenvalue weighted by Gasteiger charge is -2.08. The Morgan fingerprint density at radius 2 is 1.94 bits per heavy atom. The highest BCUT2D eigenvalue weighted by molar-refractivity contribution is 6.33. The molecule has 0 aliphatic rings. The second-order valence-corrected chi connectivity index (χ2v) is 4.04. The van der Waals surface area contributed by atoms with E-state index < -0.39 is 4.92 Å². The molecule has 0 heterocycles. The Kier molecular flexibility index (Phi) is 3.34. The number of hydrogen-bond donors (Lipinski definition) is 2. The molecule has 0 spiro atoms. The number of nitro benzene ring substituents is 1. The maximum absolute atomic E-state index is 10.9. The minimum atomic E-state index is -0.443. The van der Waals surface area contributed by atoms with E-state index in [1.165, 1.54) is 6.07 Å². The van der Waals surface area contributed by atoms with Gasteiger partial charge in [-0.3, -0.25) is 10.1 Å². The fraction of sp³-hybridized carbons (Fsp3) is 0. The molecule has 0 atom stereocenters. The van der Waals surface area contributed by atoms with Crippen LogP contribution in [0.5, 0.6) is 0 Å². The van der Waals surface area contributed by atoms with Gasteiger partial charge in [-0.1, -0.05) is 23.7 Å². The number of rotatable bonds is 3. The number of halogens is 1. The van der Waals surface area contributed by atoms with Crippen LogP contribution in [0.4, 0.5) is 22.7 Å². The average Bonchev–Trinajstić information content (AvgIpc) is 2.34. The third-order valence-corrected chi connectivity index (χ3v) is 2.71. The zero-order chi connectivity index (χ0) is 13.1. The summed E-state index contributed by atoms with van der Waals surface area (Å²) >= 11 is 5.88. The third-order valence-electron chi connectivity index (χ3n) is 2.38. The molecule has 5 nitrogen and oxygen atoms in total. The molecule has 0 aliphatic heterocycles. The van der Waals surface area contributed by atoms with Crippen molar-refractivity contribution in [2.75, 3.05) is 11.1 Å². The van der Waals surface area contributed by atoms with Crippen LogP contribution >= 0.6 is 11.6 Å². The van der Waals surface area contributed by atoms with Gasteiger partial charge in [0.05, 0.1) is 15.6 Å². The molecule has 18 heavy (non-hydrogen) atoms. The van der Waals surface area contributed by atoms with Crippen LogP contribution in [0.2, 0.25) is 5.02 Å². The van der Waals surface area contributed by atoms with E-state index in [2.05, 4.69) is 5.32 Å². The van der Waals surface area contributed by atoms with Crippen LogP contribution in [0.1, 0.15) is 0 Å². The summed E-state index contributed by atoms with van der Waals surface area (Å²) in [5.41, 5.74) is 7.11. The Bertz CT molecular complexity index is 602. The molecule has 0 aliphatic carbocycles. The fourth-order valence-electron chi connectivity index (χ4n) is 1.50. The van der Waals surface area contributed by atoms with Gasteiger partial charge in [0.25, 0.3) is 5.69 Å². The van der Waals surface area contributed by atoms with Gasteiger partial charge in [-0.25, -0.2) is 0 Å². The molecule has 2 aromatic carbocycles. The highest BCUT2D eigenvalue weighted by Gasteiger charge is 2.12. The minimum absolute atomic E-state index is 0.00504. The second-order valence-electron chi connectivity index (χ2n) is 3.64. The first-order valence-corrected chi connectivity index (χ1v) is 5.51.